The van der Waals surface area contributed by atoms with E-state index >= 15 is 0 Å². The third kappa shape index (κ3) is 4.00. The van der Waals surface area contributed by atoms with Crippen molar-refractivity contribution in [3.05, 3.63) is 11.3 Å². The van der Waals surface area contributed by atoms with Crippen molar-refractivity contribution in [3.63, 3.8) is 0 Å². The van der Waals surface area contributed by atoms with Gasteiger partial charge in [0, 0.05) is 29.6 Å². The summed E-state index contributed by atoms with van der Waals surface area (Å²) in [6.07, 6.45) is 7.22. The summed E-state index contributed by atoms with van der Waals surface area (Å²) < 4.78 is 0. The normalized spacial score (nSPS) is 34.4. The van der Waals surface area contributed by atoms with E-state index < -0.39 is 0 Å². The van der Waals surface area contributed by atoms with E-state index in [2.05, 4.69) is 4.99 Å². The largest absolute Gasteiger partial charge is 0.393 e. The average Bonchev–Trinajstić information content (AvgIpc) is 2.40. The van der Waals surface area contributed by atoms with Gasteiger partial charge in [0.05, 0.1) is 12.1 Å². The Kier molecular flexibility index (Phi) is 5.49. The fraction of sp³-hybridized carbons (Fsp3) is 0.667. The molecule has 0 bridgehead atoms. The van der Waals surface area contributed by atoms with Gasteiger partial charge in [-0.05, 0) is 45.4 Å². The summed E-state index contributed by atoms with van der Waals surface area (Å²) in [5, 5.41) is 17.8. The lowest BCUT2D eigenvalue weighted by molar-refractivity contribution is 0.123. The minimum atomic E-state index is -0.160. The van der Waals surface area contributed by atoms with Crippen LogP contribution in [0.1, 0.15) is 51.9 Å². The number of hydrogen-bond acceptors (Lipinski definition) is 4. The molecule has 2 N–H and O–H groups in total. The number of aliphatic imine (C=N–C) groups is 2. The van der Waals surface area contributed by atoms with E-state index in [1.165, 1.54) is 6.21 Å². The summed E-state index contributed by atoms with van der Waals surface area (Å²) in [7, 11) is 0. The lowest BCUT2D eigenvalue weighted by Gasteiger charge is -2.24. The van der Waals surface area contributed by atoms with Crippen LogP contribution < -0.4 is 0 Å². The Morgan fingerprint density at radius 1 is 1.30 bits per heavy atom. The van der Waals surface area contributed by atoms with Gasteiger partial charge in [0.15, 0.2) is 0 Å². The molecule has 0 aromatic carbocycles. The standard InChI is InChI=1S/C15H22ClN3O/c1-10-13(9-17)14(3-2-4-15(16)18-10)19-11-5-7-12(20)8-6-11/h9,11-12,17,20H,2-8H2,1H3/b13-10-,17-9?,18-15?,19-14?. The second-order valence-electron chi connectivity index (χ2n) is 5.52. The van der Waals surface area contributed by atoms with Gasteiger partial charge in [0.2, 0.25) is 0 Å². The van der Waals surface area contributed by atoms with Crippen molar-refractivity contribution in [1.29, 1.82) is 5.41 Å². The van der Waals surface area contributed by atoms with Crippen molar-refractivity contribution in [1.82, 2.24) is 0 Å². The van der Waals surface area contributed by atoms with Crippen LogP contribution in [-0.2, 0) is 0 Å². The first-order chi connectivity index (χ1) is 9.60. The van der Waals surface area contributed by atoms with Crippen LogP contribution in [0.2, 0.25) is 0 Å². The Labute approximate surface area is 125 Å². The zero-order valence-electron chi connectivity index (χ0n) is 11.9. The number of halogens is 1. The van der Waals surface area contributed by atoms with E-state index in [1.54, 1.807) is 0 Å². The van der Waals surface area contributed by atoms with Gasteiger partial charge in [-0.15, -0.1) is 0 Å². The highest BCUT2D eigenvalue weighted by molar-refractivity contribution is 6.65. The summed E-state index contributed by atoms with van der Waals surface area (Å²) in [4.78, 5) is 9.18. The van der Waals surface area contributed by atoms with Crippen LogP contribution in [0.25, 0.3) is 0 Å². The number of nitrogens with one attached hydrogen (secondary N) is 1. The lowest BCUT2D eigenvalue weighted by atomic mass is 9.92. The minimum absolute atomic E-state index is 0.160. The Hall–Kier alpha value is -1.00. The lowest BCUT2D eigenvalue weighted by Crippen LogP contribution is -2.22. The van der Waals surface area contributed by atoms with Gasteiger partial charge >= 0.3 is 0 Å². The van der Waals surface area contributed by atoms with Gasteiger partial charge in [0.1, 0.15) is 5.17 Å². The number of rotatable bonds is 2. The molecule has 0 amide bonds. The maximum absolute atomic E-state index is 9.56. The molecule has 1 saturated carbocycles. The molecule has 0 aromatic heterocycles. The SMILES string of the molecule is C/C1=C(\C=N)C(=NC2CCC(O)CC2)CCCC(Cl)=N1. The van der Waals surface area contributed by atoms with E-state index in [4.69, 9.17) is 22.0 Å². The van der Waals surface area contributed by atoms with Gasteiger partial charge < -0.3 is 10.5 Å². The number of allylic oxidation sites excluding steroid dienone is 2. The van der Waals surface area contributed by atoms with E-state index in [9.17, 15) is 5.11 Å². The highest BCUT2D eigenvalue weighted by atomic mass is 35.5. The molecule has 2 aliphatic rings. The second kappa shape index (κ2) is 7.14. The second-order valence-corrected chi connectivity index (χ2v) is 5.96. The third-order valence-electron chi connectivity index (χ3n) is 3.94. The first-order valence-electron chi connectivity index (χ1n) is 7.29. The monoisotopic (exact) mass is 295 g/mol. The van der Waals surface area contributed by atoms with Crippen LogP contribution in [0.5, 0.6) is 0 Å². The van der Waals surface area contributed by atoms with Gasteiger partial charge in [-0.25, -0.2) is 4.99 Å². The molecule has 1 aliphatic heterocycles. The molecule has 1 fully saturated rings. The first-order valence-corrected chi connectivity index (χ1v) is 7.67. The maximum atomic E-state index is 9.56. The predicted octanol–water partition coefficient (Wildman–Crippen LogP) is 3.48. The van der Waals surface area contributed by atoms with Crippen LogP contribution in [0.4, 0.5) is 0 Å². The molecule has 110 valence electrons. The molecule has 0 aromatic rings. The smallest absolute Gasteiger partial charge is 0.106 e. The molecule has 0 saturated heterocycles. The molecular weight excluding hydrogens is 274 g/mol. The van der Waals surface area contributed by atoms with Crippen LogP contribution in [0.15, 0.2) is 21.3 Å². The molecule has 1 heterocycles. The Bertz CT molecular complexity index is 460. The third-order valence-corrected chi connectivity index (χ3v) is 4.21. The fourth-order valence-electron chi connectivity index (χ4n) is 2.77. The molecule has 20 heavy (non-hydrogen) atoms. The highest BCUT2D eigenvalue weighted by Gasteiger charge is 2.20. The Morgan fingerprint density at radius 3 is 2.65 bits per heavy atom. The van der Waals surface area contributed by atoms with Gasteiger partial charge in [-0.3, -0.25) is 4.99 Å². The van der Waals surface area contributed by atoms with Crippen LogP contribution in [0, 0.1) is 5.41 Å². The van der Waals surface area contributed by atoms with Crippen LogP contribution >= 0.6 is 11.6 Å². The number of aliphatic hydroxyl groups is 1. The highest BCUT2D eigenvalue weighted by Crippen LogP contribution is 2.24. The minimum Gasteiger partial charge on any atom is -0.393 e. The average molecular weight is 296 g/mol. The number of hydrogen-bond donors (Lipinski definition) is 2. The molecule has 0 radical (unpaired) electrons. The molecule has 0 spiro atoms. The molecular formula is C15H22ClN3O. The maximum Gasteiger partial charge on any atom is 0.106 e. The molecule has 0 atom stereocenters. The first kappa shape index (κ1) is 15.4. The Balaban J connectivity index is 2.23. The van der Waals surface area contributed by atoms with Crippen molar-refractivity contribution >= 4 is 28.7 Å². The van der Waals surface area contributed by atoms with Gasteiger partial charge in [0.25, 0.3) is 0 Å². The van der Waals surface area contributed by atoms with Crippen molar-refractivity contribution in [3.8, 4) is 0 Å². The zero-order chi connectivity index (χ0) is 14.5. The molecule has 4 nitrogen and oxygen atoms in total. The van der Waals surface area contributed by atoms with E-state index in [0.29, 0.717) is 5.17 Å². The summed E-state index contributed by atoms with van der Waals surface area (Å²) in [6.45, 7) is 1.88. The van der Waals surface area contributed by atoms with Crippen LogP contribution in [-0.4, -0.2) is 34.3 Å². The molecule has 5 heteroatoms. The van der Waals surface area contributed by atoms with Crippen molar-refractivity contribution in [2.45, 2.75) is 64.0 Å². The number of nitrogens with zero attached hydrogens (tertiary/aromatic N) is 2. The fourth-order valence-corrected chi connectivity index (χ4v) is 3.03. The van der Waals surface area contributed by atoms with Gasteiger partial charge in [-0.1, -0.05) is 11.6 Å². The van der Waals surface area contributed by atoms with Crippen molar-refractivity contribution in [2.75, 3.05) is 0 Å². The molecule has 1 aliphatic carbocycles. The van der Waals surface area contributed by atoms with Crippen LogP contribution in [0.3, 0.4) is 0 Å². The Morgan fingerprint density at radius 2 is 2.00 bits per heavy atom. The number of aliphatic hydroxyl groups excluding tert-OH is 1. The van der Waals surface area contributed by atoms with E-state index in [-0.39, 0.29) is 12.1 Å². The topological polar surface area (TPSA) is 68.8 Å². The van der Waals surface area contributed by atoms with Gasteiger partial charge in [-0.2, -0.15) is 0 Å². The quantitative estimate of drug-likeness (QED) is 0.752. The summed E-state index contributed by atoms with van der Waals surface area (Å²) in [5.41, 5.74) is 2.56. The molecule has 0 unspecified atom stereocenters. The van der Waals surface area contributed by atoms with Crippen molar-refractivity contribution in [2.24, 2.45) is 9.98 Å². The predicted molar refractivity (Wildman–Crippen MR) is 84.3 cm³/mol. The summed E-state index contributed by atoms with van der Waals surface area (Å²) in [6, 6.07) is 0.273. The summed E-state index contributed by atoms with van der Waals surface area (Å²) in [5.74, 6) is 0. The van der Waals surface area contributed by atoms with E-state index in [1.807, 2.05) is 6.92 Å². The molecule has 2 rings (SSSR count). The zero-order valence-corrected chi connectivity index (χ0v) is 12.7. The van der Waals surface area contributed by atoms with E-state index in [0.717, 1.165) is 61.9 Å². The van der Waals surface area contributed by atoms with Crippen molar-refractivity contribution < 1.29 is 5.11 Å². The summed E-state index contributed by atoms with van der Waals surface area (Å²) >= 11 is 6.04.